The molecule has 1 amide bonds. The summed E-state index contributed by atoms with van der Waals surface area (Å²) in [6.07, 6.45) is 3.29. The lowest BCUT2D eigenvalue weighted by Gasteiger charge is -2.44. The number of hydrogen-bond acceptors (Lipinski definition) is 4. The minimum absolute atomic E-state index is 0.0487. The Morgan fingerprint density at radius 1 is 0.745 bits per heavy atom. The van der Waals surface area contributed by atoms with Gasteiger partial charge in [-0.15, -0.1) is 6.58 Å². The van der Waals surface area contributed by atoms with E-state index in [1.807, 2.05) is 77.7 Å². The molecular weight excluding hydrogens is 647 g/mol. The molecule has 0 bridgehead atoms. The maximum Gasteiger partial charge on any atom is 0.267 e. The van der Waals surface area contributed by atoms with Crippen LogP contribution < -0.4 is 19.8 Å². The maximum atomic E-state index is 14.9. The van der Waals surface area contributed by atoms with E-state index >= 15 is 0 Å². The molecule has 0 spiro atoms. The Morgan fingerprint density at radius 2 is 1.29 bits per heavy atom. The van der Waals surface area contributed by atoms with Crippen molar-refractivity contribution in [3.05, 3.63) is 169 Å². The Balaban J connectivity index is 1.32. The normalized spacial score (nSPS) is 14.2. The van der Waals surface area contributed by atoms with Gasteiger partial charge in [-0.05, 0) is 62.8 Å². The minimum atomic E-state index is -2.85. The Labute approximate surface area is 304 Å². The van der Waals surface area contributed by atoms with Crippen molar-refractivity contribution in [3.8, 4) is 11.5 Å². The predicted octanol–water partition coefficient (Wildman–Crippen LogP) is 8.51. The van der Waals surface area contributed by atoms with Gasteiger partial charge in [0.15, 0.2) is 5.60 Å². The number of benzene rings is 5. The van der Waals surface area contributed by atoms with Gasteiger partial charge in [-0.25, -0.2) is 0 Å². The molecular formula is C45H49NO4Si. The number of carbonyl (C=O) groups is 1. The first-order valence-electron chi connectivity index (χ1n) is 17.9. The van der Waals surface area contributed by atoms with Crippen LogP contribution in [0.5, 0.6) is 11.5 Å². The summed E-state index contributed by atoms with van der Waals surface area (Å²) in [5.74, 6) is 1.28. The van der Waals surface area contributed by atoms with Crippen molar-refractivity contribution in [2.45, 2.75) is 63.8 Å². The molecule has 0 aromatic heterocycles. The van der Waals surface area contributed by atoms with Crippen LogP contribution in [0, 0.1) is 0 Å². The van der Waals surface area contributed by atoms with Crippen molar-refractivity contribution in [2.75, 3.05) is 13.2 Å². The van der Waals surface area contributed by atoms with Crippen molar-refractivity contribution >= 4 is 24.6 Å². The molecule has 1 aliphatic rings. The third-order valence-corrected chi connectivity index (χ3v) is 15.0. The van der Waals surface area contributed by atoms with Gasteiger partial charge in [0, 0.05) is 32.5 Å². The number of ether oxygens (including phenoxy) is 2. The highest BCUT2D eigenvalue weighted by Crippen LogP contribution is 2.38. The zero-order valence-electron chi connectivity index (χ0n) is 30.1. The van der Waals surface area contributed by atoms with E-state index < -0.39 is 13.9 Å². The minimum Gasteiger partial charge on any atom is -0.489 e. The first-order valence-corrected chi connectivity index (χ1v) is 19.8. The molecule has 6 heteroatoms. The third kappa shape index (κ3) is 8.03. The van der Waals surface area contributed by atoms with E-state index in [1.54, 1.807) is 6.08 Å². The van der Waals surface area contributed by atoms with Crippen molar-refractivity contribution < 1.29 is 18.7 Å². The molecule has 0 radical (unpaired) electrons. The summed E-state index contributed by atoms with van der Waals surface area (Å²) in [6.45, 7) is 12.9. The second-order valence-corrected chi connectivity index (χ2v) is 18.6. The van der Waals surface area contributed by atoms with Crippen LogP contribution in [0.4, 0.5) is 0 Å². The molecule has 0 fully saturated rings. The molecule has 262 valence electrons. The molecule has 0 saturated carbocycles. The molecule has 5 aromatic rings. The first kappa shape index (κ1) is 35.9. The van der Waals surface area contributed by atoms with Crippen LogP contribution in [-0.4, -0.2) is 37.9 Å². The highest BCUT2D eigenvalue weighted by molar-refractivity contribution is 6.99. The van der Waals surface area contributed by atoms with Crippen molar-refractivity contribution in [1.82, 2.24) is 4.90 Å². The Morgan fingerprint density at radius 3 is 1.88 bits per heavy atom. The molecule has 1 heterocycles. The molecule has 0 N–H and O–H groups in total. The van der Waals surface area contributed by atoms with Gasteiger partial charge in [-0.3, -0.25) is 4.79 Å². The molecule has 51 heavy (non-hydrogen) atoms. The quantitative estimate of drug-likeness (QED) is 0.0864. The molecule has 0 saturated heterocycles. The summed E-state index contributed by atoms with van der Waals surface area (Å²) >= 11 is 0. The Kier molecular flexibility index (Phi) is 11.2. The van der Waals surface area contributed by atoms with Crippen LogP contribution >= 0.6 is 0 Å². The van der Waals surface area contributed by atoms with E-state index in [9.17, 15) is 4.79 Å². The van der Waals surface area contributed by atoms with Crippen molar-refractivity contribution in [2.24, 2.45) is 0 Å². The number of nitrogens with zero attached hydrogens (tertiary/aromatic N) is 1. The number of fused-ring (bicyclic) bond motifs is 1. The summed E-state index contributed by atoms with van der Waals surface area (Å²) in [5, 5.41) is 2.20. The molecule has 5 nitrogen and oxygen atoms in total. The smallest absolute Gasteiger partial charge is 0.267 e. The fraction of sp³-hybridized carbons (Fsp3) is 0.267. The van der Waals surface area contributed by atoms with Crippen LogP contribution in [0.2, 0.25) is 5.04 Å². The van der Waals surface area contributed by atoms with Crippen LogP contribution in [0.15, 0.2) is 152 Å². The summed E-state index contributed by atoms with van der Waals surface area (Å²) < 4.78 is 20.3. The van der Waals surface area contributed by atoms with Crippen LogP contribution in [0.1, 0.15) is 50.3 Å². The van der Waals surface area contributed by atoms with Gasteiger partial charge in [0.1, 0.15) is 18.1 Å². The number of amides is 1. The Hall–Kier alpha value is -4.91. The van der Waals surface area contributed by atoms with Gasteiger partial charge in [0.05, 0.1) is 0 Å². The van der Waals surface area contributed by atoms with E-state index in [2.05, 4.69) is 94.1 Å². The molecule has 1 atom stereocenters. The van der Waals surface area contributed by atoms with Crippen molar-refractivity contribution in [1.29, 1.82) is 0 Å². The predicted molar refractivity (Wildman–Crippen MR) is 209 cm³/mol. The van der Waals surface area contributed by atoms with Gasteiger partial charge in [0.25, 0.3) is 14.2 Å². The average Bonchev–Trinajstić information content (AvgIpc) is 3.16. The average molecular weight is 696 g/mol. The van der Waals surface area contributed by atoms with Crippen LogP contribution in [-0.2, 0) is 28.8 Å². The molecule has 6 rings (SSSR count). The lowest BCUT2D eigenvalue weighted by molar-refractivity contribution is -0.150. The molecule has 1 aliphatic heterocycles. The summed E-state index contributed by atoms with van der Waals surface area (Å²) in [7, 11) is -2.85. The van der Waals surface area contributed by atoms with E-state index in [4.69, 9.17) is 13.9 Å². The third-order valence-electron chi connectivity index (χ3n) is 9.91. The van der Waals surface area contributed by atoms with E-state index in [-0.39, 0.29) is 10.9 Å². The van der Waals surface area contributed by atoms with E-state index in [1.165, 1.54) is 21.5 Å². The fourth-order valence-corrected chi connectivity index (χ4v) is 11.9. The number of hydrogen-bond donors (Lipinski definition) is 0. The monoisotopic (exact) mass is 695 g/mol. The van der Waals surface area contributed by atoms with Gasteiger partial charge in [-0.2, -0.15) is 0 Å². The Bertz CT molecular complexity index is 1830. The number of rotatable bonds is 14. The largest absolute Gasteiger partial charge is 0.489 e. The maximum absolute atomic E-state index is 14.9. The summed E-state index contributed by atoms with van der Waals surface area (Å²) in [4.78, 5) is 16.9. The van der Waals surface area contributed by atoms with Gasteiger partial charge in [0.2, 0.25) is 0 Å². The van der Waals surface area contributed by atoms with Gasteiger partial charge < -0.3 is 18.8 Å². The van der Waals surface area contributed by atoms with Crippen molar-refractivity contribution in [3.63, 3.8) is 0 Å². The molecule has 0 aliphatic carbocycles. The SMILES string of the molecule is C=CCC(CCO[Si](c1ccccc1)(c1ccccc1)C(C)(C)C)(Oc1ccc(OCc2ccccc2)cc1)C(=O)N1CCc2ccccc2C1. The zero-order chi connectivity index (χ0) is 35.7. The molecule has 5 aromatic carbocycles. The standard InChI is InChI=1S/C45H49NO4Si/c1-5-30-45(43(47)46-32-29-37-19-15-16-20-38(37)34-46,50-40-27-25-39(26-28-40)48-35-36-17-9-6-10-18-36)31-33-49-51(44(2,3)4,41-21-11-7-12-22-41)42-23-13-8-14-24-42/h5-28H,1,29-35H2,2-4H3. The van der Waals surface area contributed by atoms with Crippen LogP contribution in [0.25, 0.3) is 0 Å². The van der Waals surface area contributed by atoms with E-state index in [0.717, 1.165) is 17.7 Å². The second kappa shape index (κ2) is 16.0. The lowest BCUT2D eigenvalue weighted by Crippen LogP contribution is -2.67. The highest BCUT2D eigenvalue weighted by Gasteiger charge is 2.51. The highest BCUT2D eigenvalue weighted by atomic mass is 28.4. The second-order valence-electron chi connectivity index (χ2n) is 14.3. The van der Waals surface area contributed by atoms with E-state index in [0.29, 0.717) is 44.9 Å². The number of carbonyl (C=O) groups excluding carboxylic acids is 1. The first-order chi connectivity index (χ1) is 24.7. The zero-order valence-corrected chi connectivity index (χ0v) is 31.1. The van der Waals surface area contributed by atoms with Gasteiger partial charge >= 0.3 is 0 Å². The summed E-state index contributed by atoms with van der Waals surface area (Å²) in [5.41, 5.74) is 2.33. The lowest BCUT2D eigenvalue weighted by atomic mass is 9.91. The topological polar surface area (TPSA) is 48.0 Å². The fourth-order valence-electron chi connectivity index (χ4n) is 7.32. The van der Waals surface area contributed by atoms with Crippen LogP contribution in [0.3, 0.4) is 0 Å². The molecule has 1 unspecified atom stereocenters. The summed E-state index contributed by atoms with van der Waals surface area (Å²) in [6, 6.07) is 47.3. The van der Waals surface area contributed by atoms with Gasteiger partial charge in [-0.1, -0.05) is 142 Å².